The van der Waals surface area contributed by atoms with E-state index in [1.54, 1.807) is 26.0 Å². The summed E-state index contributed by atoms with van der Waals surface area (Å²) in [4.78, 5) is 11.1. The third kappa shape index (κ3) is 2.01. The predicted octanol–water partition coefficient (Wildman–Crippen LogP) is 2.44. The second-order valence-electron chi connectivity index (χ2n) is 3.45. The van der Waals surface area contributed by atoms with E-state index in [0.29, 0.717) is 0 Å². The summed E-state index contributed by atoms with van der Waals surface area (Å²) < 4.78 is 0. The van der Waals surface area contributed by atoms with Crippen LogP contribution in [0.1, 0.15) is 19.4 Å². The van der Waals surface area contributed by atoms with Crippen molar-refractivity contribution in [3.05, 3.63) is 29.8 Å². The lowest BCUT2D eigenvalue weighted by molar-refractivity contribution is -0.115. The molecular weight excluding hydrogens is 188 g/mol. The van der Waals surface area contributed by atoms with Gasteiger partial charge < -0.3 is 5.11 Å². The minimum absolute atomic E-state index is 0.182. The first-order chi connectivity index (χ1) is 5.94. The molecule has 0 heterocycles. The lowest BCUT2D eigenvalue weighted by Crippen LogP contribution is -2.24. The summed E-state index contributed by atoms with van der Waals surface area (Å²) >= 11 is 5.44. The maximum absolute atomic E-state index is 11.1. The second kappa shape index (κ2) is 3.38. The van der Waals surface area contributed by atoms with Crippen LogP contribution in [0.5, 0.6) is 5.75 Å². The zero-order valence-corrected chi connectivity index (χ0v) is 8.30. The standard InChI is InChI=1S/C10H11ClO2/c1-10(2,9(11)13)7-3-5-8(12)6-4-7/h3-6,12H,1-2H3. The molecule has 0 aliphatic carbocycles. The van der Waals surface area contributed by atoms with Crippen molar-refractivity contribution in [2.75, 3.05) is 0 Å². The number of aromatic hydroxyl groups is 1. The molecule has 1 N–H and O–H groups in total. The zero-order valence-electron chi connectivity index (χ0n) is 7.54. The Labute approximate surface area is 82.2 Å². The summed E-state index contributed by atoms with van der Waals surface area (Å²) in [6, 6.07) is 6.46. The fraction of sp³-hybridized carbons (Fsp3) is 0.300. The zero-order chi connectivity index (χ0) is 10.1. The highest BCUT2D eigenvalue weighted by Gasteiger charge is 2.27. The van der Waals surface area contributed by atoms with Gasteiger partial charge in [0.2, 0.25) is 5.24 Å². The molecule has 0 amide bonds. The van der Waals surface area contributed by atoms with E-state index in [-0.39, 0.29) is 5.75 Å². The van der Waals surface area contributed by atoms with Crippen molar-refractivity contribution in [2.45, 2.75) is 19.3 Å². The van der Waals surface area contributed by atoms with Gasteiger partial charge in [0.15, 0.2) is 0 Å². The summed E-state index contributed by atoms with van der Waals surface area (Å²) in [6.07, 6.45) is 0. The number of hydrogen-bond donors (Lipinski definition) is 1. The van der Waals surface area contributed by atoms with Crippen LogP contribution < -0.4 is 0 Å². The SMILES string of the molecule is CC(C)(C(=O)Cl)c1ccc(O)cc1. The van der Waals surface area contributed by atoms with Crippen LogP contribution in [0.4, 0.5) is 0 Å². The molecule has 1 aromatic rings. The van der Waals surface area contributed by atoms with Crippen LogP contribution in [0.3, 0.4) is 0 Å². The van der Waals surface area contributed by atoms with Crippen LogP contribution in [0.25, 0.3) is 0 Å². The van der Waals surface area contributed by atoms with Gasteiger partial charge in [-0.15, -0.1) is 0 Å². The van der Waals surface area contributed by atoms with Gasteiger partial charge >= 0.3 is 0 Å². The Morgan fingerprint density at radius 1 is 1.31 bits per heavy atom. The molecule has 0 atom stereocenters. The lowest BCUT2D eigenvalue weighted by Gasteiger charge is -2.19. The van der Waals surface area contributed by atoms with Gasteiger partial charge in [-0.05, 0) is 43.1 Å². The molecule has 0 aliphatic rings. The first kappa shape index (κ1) is 10.1. The van der Waals surface area contributed by atoms with Crippen molar-refractivity contribution in [2.24, 2.45) is 0 Å². The second-order valence-corrected chi connectivity index (χ2v) is 3.79. The number of carbonyl (C=O) groups is 1. The number of halogens is 1. The van der Waals surface area contributed by atoms with Gasteiger partial charge in [0, 0.05) is 0 Å². The molecular formula is C10H11ClO2. The van der Waals surface area contributed by atoms with Crippen molar-refractivity contribution >= 4 is 16.8 Å². The minimum atomic E-state index is -0.699. The molecule has 0 radical (unpaired) electrons. The average Bonchev–Trinajstić information content (AvgIpc) is 2.04. The largest absolute Gasteiger partial charge is 0.508 e. The van der Waals surface area contributed by atoms with E-state index in [9.17, 15) is 4.79 Å². The topological polar surface area (TPSA) is 37.3 Å². The number of benzene rings is 1. The molecule has 0 saturated carbocycles. The van der Waals surface area contributed by atoms with E-state index < -0.39 is 10.7 Å². The van der Waals surface area contributed by atoms with Crippen molar-refractivity contribution in [1.29, 1.82) is 0 Å². The number of phenolic OH excluding ortho intramolecular Hbond substituents is 1. The van der Waals surface area contributed by atoms with Gasteiger partial charge in [-0.2, -0.15) is 0 Å². The molecule has 1 aromatic carbocycles. The molecule has 13 heavy (non-hydrogen) atoms. The maximum Gasteiger partial charge on any atom is 0.231 e. The van der Waals surface area contributed by atoms with Crippen LogP contribution >= 0.6 is 11.6 Å². The van der Waals surface area contributed by atoms with Crippen molar-refractivity contribution in [3.8, 4) is 5.75 Å². The molecule has 0 aromatic heterocycles. The summed E-state index contributed by atoms with van der Waals surface area (Å²) in [7, 11) is 0. The van der Waals surface area contributed by atoms with E-state index in [0.717, 1.165) is 5.56 Å². The molecule has 1 rings (SSSR count). The monoisotopic (exact) mass is 198 g/mol. The third-order valence-corrected chi connectivity index (χ3v) is 2.55. The van der Waals surface area contributed by atoms with Gasteiger partial charge in [-0.25, -0.2) is 0 Å². The van der Waals surface area contributed by atoms with E-state index in [1.807, 2.05) is 0 Å². The number of carbonyl (C=O) groups excluding carboxylic acids is 1. The number of rotatable bonds is 2. The minimum Gasteiger partial charge on any atom is -0.508 e. The third-order valence-electron chi connectivity index (χ3n) is 2.08. The number of hydrogen-bond acceptors (Lipinski definition) is 2. The van der Waals surface area contributed by atoms with Crippen molar-refractivity contribution in [1.82, 2.24) is 0 Å². The molecule has 0 aliphatic heterocycles. The average molecular weight is 199 g/mol. The van der Waals surface area contributed by atoms with E-state index in [2.05, 4.69) is 0 Å². The highest BCUT2D eigenvalue weighted by atomic mass is 35.5. The normalized spacial score (nSPS) is 11.3. The first-order valence-electron chi connectivity index (χ1n) is 3.94. The van der Waals surface area contributed by atoms with Gasteiger partial charge in [0.25, 0.3) is 0 Å². The predicted molar refractivity (Wildman–Crippen MR) is 52.0 cm³/mol. The quantitative estimate of drug-likeness (QED) is 0.742. The summed E-state index contributed by atoms with van der Waals surface area (Å²) in [5.41, 5.74) is 0.0974. The van der Waals surface area contributed by atoms with Gasteiger partial charge in [-0.1, -0.05) is 12.1 Å². The van der Waals surface area contributed by atoms with Crippen LogP contribution in [0.15, 0.2) is 24.3 Å². The smallest absolute Gasteiger partial charge is 0.231 e. The highest BCUT2D eigenvalue weighted by Crippen LogP contribution is 2.26. The maximum atomic E-state index is 11.1. The summed E-state index contributed by atoms with van der Waals surface area (Å²) in [5, 5.41) is 8.64. The molecule has 0 saturated heterocycles. The molecule has 0 fully saturated rings. The molecule has 3 heteroatoms. The van der Waals surface area contributed by atoms with Crippen LogP contribution in [-0.4, -0.2) is 10.3 Å². The Morgan fingerprint density at radius 2 is 1.77 bits per heavy atom. The van der Waals surface area contributed by atoms with Crippen LogP contribution in [0, 0.1) is 0 Å². The molecule has 70 valence electrons. The van der Waals surface area contributed by atoms with Gasteiger partial charge in [0.05, 0.1) is 5.41 Å². The van der Waals surface area contributed by atoms with Crippen molar-refractivity contribution < 1.29 is 9.90 Å². The van der Waals surface area contributed by atoms with Crippen LogP contribution in [-0.2, 0) is 10.2 Å². The van der Waals surface area contributed by atoms with Gasteiger partial charge in [-0.3, -0.25) is 4.79 Å². The Hall–Kier alpha value is -1.02. The summed E-state index contributed by atoms with van der Waals surface area (Å²) in [5.74, 6) is 0.182. The molecule has 0 spiro atoms. The fourth-order valence-electron chi connectivity index (χ4n) is 0.992. The van der Waals surface area contributed by atoms with E-state index >= 15 is 0 Å². The Balaban J connectivity index is 3.08. The van der Waals surface area contributed by atoms with Crippen molar-refractivity contribution in [3.63, 3.8) is 0 Å². The van der Waals surface area contributed by atoms with E-state index in [4.69, 9.17) is 16.7 Å². The first-order valence-corrected chi connectivity index (χ1v) is 4.32. The molecule has 0 bridgehead atoms. The van der Waals surface area contributed by atoms with Crippen LogP contribution in [0.2, 0.25) is 0 Å². The summed E-state index contributed by atoms with van der Waals surface area (Å²) in [6.45, 7) is 3.49. The molecule has 2 nitrogen and oxygen atoms in total. The number of phenols is 1. The molecule has 0 unspecified atom stereocenters. The van der Waals surface area contributed by atoms with E-state index in [1.165, 1.54) is 12.1 Å². The fourth-order valence-corrected chi connectivity index (χ4v) is 1.10. The Morgan fingerprint density at radius 3 is 2.15 bits per heavy atom. The Bertz CT molecular complexity index is 314. The lowest BCUT2D eigenvalue weighted by atomic mass is 9.86. The highest BCUT2D eigenvalue weighted by molar-refractivity contribution is 6.65. The van der Waals surface area contributed by atoms with Gasteiger partial charge in [0.1, 0.15) is 5.75 Å². The Kier molecular flexibility index (Phi) is 2.62.